The molecule has 100 valence electrons. The Hall–Kier alpha value is -1.10. The molecular formula is C12H24N2O3. The van der Waals surface area contributed by atoms with Crippen LogP contribution in [0, 0.1) is 5.92 Å². The molecule has 0 saturated carbocycles. The minimum absolute atomic E-state index is 0.0187. The van der Waals surface area contributed by atoms with Crippen LogP contribution in [-0.4, -0.2) is 29.6 Å². The molecule has 0 rings (SSSR count). The lowest BCUT2D eigenvalue weighted by Gasteiger charge is -2.16. The number of hydrogen-bond acceptors (Lipinski definition) is 3. The molecule has 0 aromatic heterocycles. The van der Waals surface area contributed by atoms with Crippen molar-refractivity contribution < 1.29 is 14.7 Å². The van der Waals surface area contributed by atoms with Crippen molar-refractivity contribution in [1.29, 1.82) is 0 Å². The number of unbranched alkanes of at least 4 members (excludes halogenated alkanes) is 1. The van der Waals surface area contributed by atoms with E-state index in [-0.39, 0.29) is 18.2 Å². The van der Waals surface area contributed by atoms with Crippen molar-refractivity contribution in [1.82, 2.24) is 5.32 Å². The van der Waals surface area contributed by atoms with Gasteiger partial charge >= 0.3 is 5.97 Å². The third kappa shape index (κ3) is 7.74. The molecule has 0 aliphatic rings. The van der Waals surface area contributed by atoms with Crippen molar-refractivity contribution in [2.45, 2.75) is 52.0 Å². The Bertz CT molecular complexity index is 244. The second-order valence-corrected chi connectivity index (χ2v) is 4.37. The van der Waals surface area contributed by atoms with Gasteiger partial charge in [-0.1, -0.05) is 33.1 Å². The monoisotopic (exact) mass is 244 g/mol. The first-order valence-electron chi connectivity index (χ1n) is 6.26. The number of carbonyl (C=O) groups is 2. The minimum Gasteiger partial charge on any atom is -0.481 e. The maximum Gasteiger partial charge on any atom is 0.303 e. The van der Waals surface area contributed by atoms with Crippen LogP contribution in [0.3, 0.4) is 0 Å². The van der Waals surface area contributed by atoms with Crippen molar-refractivity contribution in [3.63, 3.8) is 0 Å². The summed E-state index contributed by atoms with van der Waals surface area (Å²) in [5.41, 5.74) is 5.70. The summed E-state index contributed by atoms with van der Waals surface area (Å²) in [5.74, 6) is -1.03. The van der Waals surface area contributed by atoms with Gasteiger partial charge in [-0.2, -0.15) is 0 Å². The van der Waals surface area contributed by atoms with Gasteiger partial charge in [-0.05, 0) is 12.3 Å². The zero-order valence-corrected chi connectivity index (χ0v) is 10.7. The summed E-state index contributed by atoms with van der Waals surface area (Å²) in [6.07, 6.45) is 3.44. The van der Waals surface area contributed by atoms with Gasteiger partial charge in [-0.25, -0.2) is 0 Å². The van der Waals surface area contributed by atoms with E-state index in [9.17, 15) is 9.59 Å². The van der Waals surface area contributed by atoms with Crippen molar-refractivity contribution in [3.8, 4) is 0 Å². The second-order valence-electron chi connectivity index (χ2n) is 4.37. The van der Waals surface area contributed by atoms with Crippen LogP contribution >= 0.6 is 0 Å². The van der Waals surface area contributed by atoms with E-state index in [1.165, 1.54) is 0 Å². The van der Waals surface area contributed by atoms with Crippen LogP contribution in [0.25, 0.3) is 0 Å². The second kappa shape index (κ2) is 8.98. The number of amides is 1. The highest BCUT2D eigenvalue weighted by Gasteiger charge is 2.16. The van der Waals surface area contributed by atoms with Crippen LogP contribution in [-0.2, 0) is 9.59 Å². The Balaban J connectivity index is 3.90. The lowest BCUT2D eigenvalue weighted by Crippen LogP contribution is -2.42. The zero-order valence-electron chi connectivity index (χ0n) is 10.7. The zero-order chi connectivity index (χ0) is 13.3. The van der Waals surface area contributed by atoms with E-state index in [0.717, 1.165) is 19.3 Å². The molecule has 0 heterocycles. The third-order valence-corrected chi connectivity index (χ3v) is 2.81. The largest absolute Gasteiger partial charge is 0.481 e. The first kappa shape index (κ1) is 15.9. The third-order valence-electron chi connectivity index (χ3n) is 2.81. The van der Waals surface area contributed by atoms with E-state index in [1.54, 1.807) is 0 Å². The molecule has 0 aromatic rings. The van der Waals surface area contributed by atoms with Gasteiger partial charge < -0.3 is 16.2 Å². The molecule has 2 atom stereocenters. The number of carbonyl (C=O) groups excluding carboxylic acids is 1. The van der Waals surface area contributed by atoms with Gasteiger partial charge in [-0.15, -0.1) is 0 Å². The maximum absolute atomic E-state index is 11.6. The highest BCUT2D eigenvalue weighted by Crippen LogP contribution is 2.07. The molecule has 4 N–H and O–H groups in total. The van der Waals surface area contributed by atoms with Gasteiger partial charge in [0.25, 0.3) is 0 Å². The van der Waals surface area contributed by atoms with Crippen LogP contribution in [0.5, 0.6) is 0 Å². The van der Waals surface area contributed by atoms with E-state index in [0.29, 0.717) is 13.0 Å². The summed E-state index contributed by atoms with van der Waals surface area (Å²) >= 11 is 0. The lowest BCUT2D eigenvalue weighted by atomic mass is 10.0. The number of hydrogen-bond donors (Lipinski definition) is 3. The highest BCUT2D eigenvalue weighted by atomic mass is 16.4. The molecule has 1 unspecified atom stereocenters. The molecule has 0 bridgehead atoms. The van der Waals surface area contributed by atoms with Gasteiger partial charge in [0.1, 0.15) is 0 Å². The van der Waals surface area contributed by atoms with Crippen molar-refractivity contribution in [3.05, 3.63) is 0 Å². The average molecular weight is 244 g/mol. The molecule has 0 fully saturated rings. The van der Waals surface area contributed by atoms with Crippen LogP contribution in [0.15, 0.2) is 0 Å². The Labute approximate surface area is 103 Å². The molecule has 0 aliphatic heterocycles. The van der Waals surface area contributed by atoms with E-state index in [2.05, 4.69) is 5.32 Å². The van der Waals surface area contributed by atoms with Crippen LogP contribution in [0.1, 0.15) is 46.0 Å². The number of carboxylic acid groups (broad SMARTS) is 1. The van der Waals surface area contributed by atoms with E-state index < -0.39 is 12.0 Å². The molecule has 0 aliphatic carbocycles. The Morgan fingerprint density at radius 2 is 2.00 bits per heavy atom. The minimum atomic E-state index is -0.832. The summed E-state index contributed by atoms with van der Waals surface area (Å²) < 4.78 is 0. The van der Waals surface area contributed by atoms with Crippen molar-refractivity contribution in [2.24, 2.45) is 11.7 Å². The molecular weight excluding hydrogens is 220 g/mol. The van der Waals surface area contributed by atoms with E-state index >= 15 is 0 Å². The SMILES string of the molecule is CCCC[C@H](N)C(=O)NCC(CC)CC(=O)O. The molecule has 5 nitrogen and oxygen atoms in total. The number of rotatable bonds is 9. The fraction of sp³-hybridized carbons (Fsp3) is 0.833. The Morgan fingerprint density at radius 1 is 1.35 bits per heavy atom. The highest BCUT2D eigenvalue weighted by molar-refractivity contribution is 5.81. The topological polar surface area (TPSA) is 92.4 Å². The normalized spacial score (nSPS) is 14.1. The van der Waals surface area contributed by atoms with Crippen molar-refractivity contribution >= 4 is 11.9 Å². The molecule has 17 heavy (non-hydrogen) atoms. The number of carboxylic acids is 1. The van der Waals surface area contributed by atoms with Crippen LogP contribution in [0.2, 0.25) is 0 Å². The van der Waals surface area contributed by atoms with E-state index in [1.807, 2.05) is 13.8 Å². The average Bonchev–Trinajstić information content (AvgIpc) is 2.30. The summed E-state index contributed by atoms with van der Waals surface area (Å²) in [6, 6.07) is -0.475. The van der Waals surface area contributed by atoms with Crippen molar-refractivity contribution in [2.75, 3.05) is 6.54 Å². The fourth-order valence-corrected chi connectivity index (χ4v) is 1.54. The number of aliphatic carboxylic acids is 1. The van der Waals surface area contributed by atoms with Gasteiger partial charge in [0.05, 0.1) is 6.04 Å². The molecule has 1 amide bonds. The molecule has 0 aromatic carbocycles. The van der Waals surface area contributed by atoms with Gasteiger partial charge in [0.2, 0.25) is 5.91 Å². The van der Waals surface area contributed by atoms with Crippen LogP contribution < -0.4 is 11.1 Å². The quantitative estimate of drug-likeness (QED) is 0.566. The Kier molecular flexibility index (Phi) is 8.40. The van der Waals surface area contributed by atoms with E-state index in [4.69, 9.17) is 10.8 Å². The summed E-state index contributed by atoms with van der Waals surface area (Å²) in [6.45, 7) is 4.35. The fourth-order valence-electron chi connectivity index (χ4n) is 1.54. The Morgan fingerprint density at radius 3 is 2.47 bits per heavy atom. The predicted octanol–water partition coefficient (Wildman–Crippen LogP) is 1.12. The maximum atomic E-state index is 11.6. The van der Waals surface area contributed by atoms with Crippen LogP contribution in [0.4, 0.5) is 0 Å². The molecule has 0 saturated heterocycles. The lowest BCUT2D eigenvalue weighted by molar-refractivity contribution is -0.138. The van der Waals surface area contributed by atoms with Gasteiger partial charge in [0.15, 0.2) is 0 Å². The van der Waals surface area contributed by atoms with Gasteiger partial charge in [-0.3, -0.25) is 9.59 Å². The standard InChI is InChI=1S/C12H24N2O3/c1-3-5-6-10(13)12(17)14-8-9(4-2)7-11(15)16/h9-10H,3-8,13H2,1-2H3,(H,14,17)(H,15,16)/t9?,10-/m0/s1. The first-order chi connectivity index (χ1) is 8.01. The number of nitrogens with one attached hydrogen (secondary N) is 1. The molecule has 5 heteroatoms. The first-order valence-corrected chi connectivity index (χ1v) is 6.26. The molecule has 0 spiro atoms. The summed E-state index contributed by atoms with van der Waals surface area (Å²) in [4.78, 5) is 22.1. The predicted molar refractivity (Wildman–Crippen MR) is 66.5 cm³/mol. The number of nitrogens with two attached hydrogens (primary N) is 1. The van der Waals surface area contributed by atoms with Gasteiger partial charge in [0, 0.05) is 13.0 Å². The smallest absolute Gasteiger partial charge is 0.303 e. The molecule has 0 radical (unpaired) electrons. The summed E-state index contributed by atoms with van der Waals surface area (Å²) in [5, 5.41) is 11.4. The summed E-state index contributed by atoms with van der Waals surface area (Å²) in [7, 11) is 0.